The van der Waals surface area contributed by atoms with Crippen molar-refractivity contribution in [2.75, 3.05) is 0 Å². The van der Waals surface area contributed by atoms with Crippen LogP contribution in [0.25, 0.3) is 10.2 Å². The van der Waals surface area contributed by atoms with Gasteiger partial charge >= 0.3 is 0 Å². The van der Waals surface area contributed by atoms with E-state index in [4.69, 9.17) is 0 Å². The molecule has 3 rings (SSSR count). The lowest BCUT2D eigenvalue weighted by Crippen LogP contribution is -2.11. The number of hydrogen-bond acceptors (Lipinski definition) is 4. The standard InChI is InChI=1S/C15H14N2O2S/c1-8-9(2)20-15-13(8)14(19)16-12(17-15)7-10-3-5-11(18)6-4-10/h3-6,18H,7H2,1-2H3,(H,16,17,19). The molecule has 3 aromatic rings. The minimum absolute atomic E-state index is 0.0781. The maximum atomic E-state index is 12.1. The van der Waals surface area contributed by atoms with Gasteiger partial charge < -0.3 is 10.1 Å². The van der Waals surface area contributed by atoms with Gasteiger partial charge in [0.15, 0.2) is 0 Å². The molecule has 0 unspecified atom stereocenters. The molecule has 0 saturated heterocycles. The lowest BCUT2D eigenvalue weighted by atomic mass is 10.1. The van der Waals surface area contributed by atoms with E-state index < -0.39 is 0 Å². The summed E-state index contributed by atoms with van der Waals surface area (Å²) in [4.78, 5) is 21.4. The summed E-state index contributed by atoms with van der Waals surface area (Å²) >= 11 is 1.55. The molecule has 0 amide bonds. The summed E-state index contributed by atoms with van der Waals surface area (Å²) in [6, 6.07) is 6.91. The summed E-state index contributed by atoms with van der Waals surface area (Å²) in [6.07, 6.45) is 0.543. The molecular weight excluding hydrogens is 272 g/mol. The lowest BCUT2D eigenvalue weighted by molar-refractivity contribution is 0.475. The molecule has 0 aliphatic heterocycles. The van der Waals surface area contributed by atoms with Gasteiger partial charge in [0, 0.05) is 11.3 Å². The molecule has 2 heterocycles. The second kappa shape index (κ2) is 4.76. The van der Waals surface area contributed by atoms with Gasteiger partial charge in [-0.15, -0.1) is 11.3 Å². The molecule has 0 spiro atoms. The van der Waals surface area contributed by atoms with Crippen LogP contribution in [0.5, 0.6) is 5.75 Å². The molecule has 0 atom stereocenters. The van der Waals surface area contributed by atoms with Gasteiger partial charge in [0.2, 0.25) is 0 Å². The van der Waals surface area contributed by atoms with Crippen molar-refractivity contribution in [3.05, 3.63) is 56.4 Å². The van der Waals surface area contributed by atoms with E-state index >= 15 is 0 Å². The highest BCUT2D eigenvalue weighted by molar-refractivity contribution is 7.18. The van der Waals surface area contributed by atoms with Gasteiger partial charge in [-0.2, -0.15) is 0 Å². The van der Waals surface area contributed by atoms with Crippen LogP contribution in [0.1, 0.15) is 21.8 Å². The van der Waals surface area contributed by atoms with E-state index in [0.29, 0.717) is 17.6 Å². The lowest BCUT2D eigenvalue weighted by Gasteiger charge is -2.02. The van der Waals surface area contributed by atoms with Crippen molar-refractivity contribution in [3.8, 4) is 5.75 Å². The number of aryl methyl sites for hydroxylation is 2. The summed E-state index contributed by atoms with van der Waals surface area (Å²) < 4.78 is 0. The molecule has 5 heteroatoms. The number of nitrogens with one attached hydrogen (secondary N) is 1. The first kappa shape index (κ1) is 12.9. The van der Waals surface area contributed by atoms with Crippen LogP contribution in [0.4, 0.5) is 0 Å². The van der Waals surface area contributed by atoms with Crippen LogP contribution >= 0.6 is 11.3 Å². The summed E-state index contributed by atoms with van der Waals surface area (Å²) in [7, 11) is 0. The van der Waals surface area contributed by atoms with E-state index in [0.717, 1.165) is 20.8 Å². The van der Waals surface area contributed by atoms with E-state index in [1.807, 2.05) is 26.0 Å². The van der Waals surface area contributed by atoms with Crippen molar-refractivity contribution in [2.45, 2.75) is 20.3 Å². The first-order chi connectivity index (χ1) is 9.54. The zero-order chi connectivity index (χ0) is 14.3. The molecule has 0 aliphatic rings. The molecule has 0 aliphatic carbocycles. The molecule has 2 aromatic heterocycles. The average Bonchev–Trinajstić information content (AvgIpc) is 2.68. The maximum absolute atomic E-state index is 12.1. The number of nitrogens with zero attached hydrogens (tertiary/aromatic N) is 1. The van der Waals surface area contributed by atoms with Gasteiger partial charge in [-0.25, -0.2) is 4.98 Å². The van der Waals surface area contributed by atoms with Crippen LogP contribution in [0.15, 0.2) is 29.1 Å². The third kappa shape index (κ3) is 2.20. The van der Waals surface area contributed by atoms with Crippen LogP contribution in [0, 0.1) is 13.8 Å². The molecule has 4 nitrogen and oxygen atoms in total. The molecule has 2 N–H and O–H groups in total. The zero-order valence-corrected chi connectivity index (χ0v) is 12.0. The molecular formula is C15H14N2O2S. The Bertz CT molecular complexity index is 831. The molecule has 1 aromatic carbocycles. The fraction of sp³-hybridized carbons (Fsp3) is 0.200. The number of benzene rings is 1. The van der Waals surface area contributed by atoms with Crippen molar-refractivity contribution in [1.29, 1.82) is 0 Å². The average molecular weight is 286 g/mol. The molecule has 20 heavy (non-hydrogen) atoms. The number of aromatic nitrogens is 2. The minimum Gasteiger partial charge on any atom is -0.508 e. The second-order valence-corrected chi connectivity index (χ2v) is 6.02. The van der Waals surface area contributed by atoms with Crippen LogP contribution in [-0.4, -0.2) is 15.1 Å². The fourth-order valence-electron chi connectivity index (χ4n) is 2.19. The zero-order valence-electron chi connectivity index (χ0n) is 11.2. The highest BCUT2D eigenvalue weighted by atomic mass is 32.1. The number of fused-ring (bicyclic) bond motifs is 1. The predicted molar refractivity (Wildman–Crippen MR) is 80.6 cm³/mol. The van der Waals surface area contributed by atoms with Gasteiger partial charge in [-0.3, -0.25) is 4.79 Å². The number of hydrogen-bond donors (Lipinski definition) is 2. The number of aromatic hydroxyl groups is 1. The van der Waals surface area contributed by atoms with E-state index in [-0.39, 0.29) is 11.3 Å². The monoisotopic (exact) mass is 286 g/mol. The van der Waals surface area contributed by atoms with Crippen LogP contribution in [-0.2, 0) is 6.42 Å². The Morgan fingerprint density at radius 3 is 2.65 bits per heavy atom. The smallest absolute Gasteiger partial charge is 0.259 e. The van der Waals surface area contributed by atoms with Gasteiger partial charge in [0.25, 0.3) is 5.56 Å². The molecule has 0 bridgehead atoms. The van der Waals surface area contributed by atoms with Crippen LogP contribution in [0.2, 0.25) is 0 Å². The second-order valence-electron chi connectivity index (χ2n) is 4.82. The Morgan fingerprint density at radius 2 is 1.95 bits per heavy atom. The number of phenolic OH excluding ortho intramolecular Hbond substituents is 1. The number of thiophene rings is 1. The fourth-order valence-corrected chi connectivity index (χ4v) is 3.24. The van der Waals surface area contributed by atoms with Crippen molar-refractivity contribution >= 4 is 21.6 Å². The predicted octanol–water partition coefficient (Wildman–Crippen LogP) is 2.90. The third-order valence-electron chi connectivity index (χ3n) is 3.40. The van der Waals surface area contributed by atoms with Crippen molar-refractivity contribution in [1.82, 2.24) is 9.97 Å². The number of phenols is 1. The molecule has 0 saturated carbocycles. The third-order valence-corrected chi connectivity index (χ3v) is 4.50. The van der Waals surface area contributed by atoms with Crippen LogP contribution < -0.4 is 5.56 Å². The van der Waals surface area contributed by atoms with E-state index in [9.17, 15) is 9.90 Å². The Kier molecular flexibility index (Phi) is 3.06. The topological polar surface area (TPSA) is 66.0 Å². The minimum atomic E-state index is -0.0781. The summed E-state index contributed by atoms with van der Waals surface area (Å²) in [5.41, 5.74) is 1.93. The van der Waals surface area contributed by atoms with E-state index in [1.165, 1.54) is 0 Å². The summed E-state index contributed by atoms with van der Waals surface area (Å²) in [5, 5.41) is 9.97. The number of aromatic amines is 1. The van der Waals surface area contributed by atoms with Gasteiger partial charge in [0.1, 0.15) is 16.4 Å². The van der Waals surface area contributed by atoms with Crippen molar-refractivity contribution in [3.63, 3.8) is 0 Å². The molecule has 0 fully saturated rings. The first-order valence-electron chi connectivity index (χ1n) is 6.31. The Morgan fingerprint density at radius 1 is 1.25 bits per heavy atom. The number of rotatable bonds is 2. The van der Waals surface area contributed by atoms with Crippen molar-refractivity contribution < 1.29 is 5.11 Å². The summed E-state index contributed by atoms with van der Waals surface area (Å²) in [5.74, 6) is 0.879. The van der Waals surface area contributed by atoms with Crippen molar-refractivity contribution in [2.24, 2.45) is 0 Å². The first-order valence-corrected chi connectivity index (χ1v) is 7.13. The Labute approximate surface area is 119 Å². The van der Waals surface area contributed by atoms with Gasteiger partial charge in [0.05, 0.1) is 5.39 Å². The quantitative estimate of drug-likeness (QED) is 0.761. The van der Waals surface area contributed by atoms with Gasteiger partial charge in [-0.1, -0.05) is 12.1 Å². The normalized spacial score (nSPS) is 11.1. The van der Waals surface area contributed by atoms with E-state index in [1.54, 1.807) is 23.5 Å². The largest absolute Gasteiger partial charge is 0.508 e. The Hall–Kier alpha value is -2.14. The van der Waals surface area contributed by atoms with E-state index in [2.05, 4.69) is 9.97 Å². The highest BCUT2D eigenvalue weighted by Gasteiger charge is 2.11. The summed E-state index contributed by atoms with van der Waals surface area (Å²) in [6.45, 7) is 3.95. The van der Waals surface area contributed by atoms with Gasteiger partial charge in [-0.05, 0) is 37.1 Å². The maximum Gasteiger partial charge on any atom is 0.259 e. The van der Waals surface area contributed by atoms with Crippen LogP contribution in [0.3, 0.4) is 0 Å². The SMILES string of the molecule is Cc1sc2nc(Cc3ccc(O)cc3)[nH]c(=O)c2c1C. The Balaban J connectivity index is 2.05. The number of H-pyrrole nitrogens is 1. The highest BCUT2D eigenvalue weighted by Crippen LogP contribution is 2.26. The molecule has 102 valence electrons. The molecule has 0 radical (unpaired) electrons.